The molecule has 0 aliphatic rings. The third-order valence-corrected chi connectivity index (χ3v) is 2.91. The molecule has 8 heteroatoms. The molecule has 0 unspecified atom stereocenters. The fourth-order valence-electron chi connectivity index (χ4n) is 1.54. The number of aromatic nitrogens is 3. The van der Waals surface area contributed by atoms with Gasteiger partial charge in [0, 0.05) is 6.20 Å². The van der Waals surface area contributed by atoms with Gasteiger partial charge in [-0.2, -0.15) is 4.98 Å². The van der Waals surface area contributed by atoms with Crippen LogP contribution in [0.2, 0.25) is 0 Å². The van der Waals surface area contributed by atoms with Crippen molar-refractivity contribution in [3.05, 3.63) is 40.8 Å². The van der Waals surface area contributed by atoms with Gasteiger partial charge < -0.3 is 14.7 Å². The zero-order valence-electron chi connectivity index (χ0n) is 9.91. The molecule has 0 bridgehead atoms. The molecule has 0 radical (unpaired) electrons. The Bertz CT molecular complexity index is 763. The van der Waals surface area contributed by atoms with E-state index in [1.807, 2.05) is 0 Å². The summed E-state index contributed by atoms with van der Waals surface area (Å²) < 4.78 is 11.0. The van der Waals surface area contributed by atoms with Crippen molar-refractivity contribution in [1.29, 1.82) is 0 Å². The third-order valence-electron chi connectivity index (χ3n) is 2.48. The van der Waals surface area contributed by atoms with Gasteiger partial charge in [-0.3, -0.25) is 9.78 Å². The summed E-state index contributed by atoms with van der Waals surface area (Å²) in [6, 6.07) is 6.56. The Morgan fingerprint density at radius 2 is 2.10 bits per heavy atom. The van der Waals surface area contributed by atoms with E-state index in [0.29, 0.717) is 21.8 Å². The van der Waals surface area contributed by atoms with E-state index in [0.717, 1.165) is 0 Å². The second kappa shape index (κ2) is 4.89. The standard InChI is InChI=1S/C12H7BrN4O3/c13-9-4-3-8(19-9)11-16-12(20-17-11)6-1-2-7(10(14)18)15-5-6/h1-5H,(H2,14,18). The van der Waals surface area contributed by atoms with Gasteiger partial charge in [0.25, 0.3) is 11.8 Å². The number of hydrogen-bond acceptors (Lipinski definition) is 6. The van der Waals surface area contributed by atoms with Crippen molar-refractivity contribution in [2.24, 2.45) is 5.73 Å². The minimum atomic E-state index is -0.594. The summed E-state index contributed by atoms with van der Waals surface area (Å²) in [6.07, 6.45) is 1.44. The van der Waals surface area contributed by atoms with Crippen LogP contribution < -0.4 is 5.73 Å². The normalized spacial score (nSPS) is 10.7. The molecule has 0 aliphatic carbocycles. The van der Waals surface area contributed by atoms with Gasteiger partial charge in [0.05, 0.1) is 5.56 Å². The number of nitrogens with two attached hydrogens (primary N) is 1. The van der Waals surface area contributed by atoms with Crippen molar-refractivity contribution in [1.82, 2.24) is 15.1 Å². The number of furan rings is 1. The smallest absolute Gasteiger partial charge is 0.267 e. The Balaban J connectivity index is 1.91. The zero-order valence-corrected chi connectivity index (χ0v) is 11.5. The highest BCUT2D eigenvalue weighted by Gasteiger charge is 2.14. The number of pyridine rings is 1. The van der Waals surface area contributed by atoms with Crippen LogP contribution in [0.25, 0.3) is 23.0 Å². The number of primary amides is 1. The Morgan fingerprint density at radius 1 is 1.25 bits per heavy atom. The topological polar surface area (TPSA) is 108 Å². The van der Waals surface area contributed by atoms with Crippen LogP contribution in [0.15, 0.2) is 44.1 Å². The Morgan fingerprint density at radius 3 is 2.70 bits per heavy atom. The SMILES string of the molecule is NC(=O)c1ccc(-c2nc(-c3ccc(Br)o3)no2)cn1. The summed E-state index contributed by atoms with van der Waals surface area (Å²) in [7, 11) is 0. The van der Waals surface area contributed by atoms with Gasteiger partial charge in [-0.25, -0.2) is 0 Å². The van der Waals surface area contributed by atoms with Gasteiger partial charge in [-0.05, 0) is 40.2 Å². The van der Waals surface area contributed by atoms with Crippen molar-refractivity contribution in [3.8, 4) is 23.0 Å². The van der Waals surface area contributed by atoms with E-state index in [2.05, 4.69) is 31.1 Å². The lowest BCUT2D eigenvalue weighted by molar-refractivity contribution is 0.0995. The number of carbonyl (C=O) groups excluding carboxylic acids is 1. The number of halogens is 1. The van der Waals surface area contributed by atoms with Gasteiger partial charge in [0.15, 0.2) is 10.4 Å². The maximum absolute atomic E-state index is 10.9. The molecule has 1 amide bonds. The van der Waals surface area contributed by atoms with Gasteiger partial charge in [0.1, 0.15) is 5.69 Å². The second-order valence-electron chi connectivity index (χ2n) is 3.82. The highest BCUT2D eigenvalue weighted by Crippen LogP contribution is 2.25. The van der Waals surface area contributed by atoms with Crippen LogP contribution in [-0.2, 0) is 0 Å². The molecule has 0 saturated heterocycles. The number of amides is 1. The van der Waals surface area contributed by atoms with Crippen LogP contribution in [0.3, 0.4) is 0 Å². The van der Waals surface area contributed by atoms with Crippen LogP contribution in [0, 0.1) is 0 Å². The average molecular weight is 335 g/mol. The van der Waals surface area contributed by atoms with Crippen molar-refractivity contribution >= 4 is 21.8 Å². The van der Waals surface area contributed by atoms with Gasteiger partial charge in [0.2, 0.25) is 5.82 Å². The second-order valence-corrected chi connectivity index (χ2v) is 4.60. The van der Waals surface area contributed by atoms with E-state index >= 15 is 0 Å². The number of hydrogen-bond donors (Lipinski definition) is 1. The molecule has 2 N–H and O–H groups in total. The van der Waals surface area contributed by atoms with Gasteiger partial charge in [-0.15, -0.1) is 0 Å². The third kappa shape index (κ3) is 2.32. The summed E-state index contributed by atoms with van der Waals surface area (Å²) in [5.74, 6) is 0.484. The lowest BCUT2D eigenvalue weighted by Crippen LogP contribution is -2.12. The fraction of sp³-hybridized carbons (Fsp3) is 0. The Hall–Kier alpha value is -2.48. The van der Waals surface area contributed by atoms with E-state index in [9.17, 15) is 4.79 Å². The average Bonchev–Trinajstić information content (AvgIpc) is 3.07. The monoisotopic (exact) mass is 334 g/mol. The summed E-state index contributed by atoms with van der Waals surface area (Å²) in [5, 5.41) is 3.81. The summed E-state index contributed by atoms with van der Waals surface area (Å²) >= 11 is 3.20. The molecule has 0 aliphatic heterocycles. The molecule has 3 heterocycles. The van der Waals surface area contributed by atoms with Crippen LogP contribution in [0.5, 0.6) is 0 Å². The number of rotatable bonds is 3. The first-order valence-electron chi connectivity index (χ1n) is 5.49. The van der Waals surface area contributed by atoms with E-state index in [4.69, 9.17) is 14.7 Å². The molecule has 3 rings (SSSR count). The maximum atomic E-state index is 10.9. The Kier molecular flexibility index (Phi) is 3.07. The Labute approximate surface area is 120 Å². The van der Waals surface area contributed by atoms with Crippen LogP contribution >= 0.6 is 15.9 Å². The minimum absolute atomic E-state index is 0.170. The van der Waals surface area contributed by atoms with Gasteiger partial charge >= 0.3 is 0 Å². The molecule has 100 valence electrons. The first-order valence-corrected chi connectivity index (χ1v) is 6.28. The molecule has 0 fully saturated rings. The van der Waals surface area contributed by atoms with Crippen molar-refractivity contribution in [3.63, 3.8) is 0 Å². The summed E-state index contributed by atoms with van der Waals surface area (Å²) in [4.78, 5) is 19.0. The van der Waals surface area contributed by atoms with Crippen molar-refractivity contribution < 1.29 is 13.7 Å². The van der Waals surface area contributed by atoms with E-state index in [1.54, 1.807) is 18.2 Å². The van der Waals surface area contributed by atoms with Crippen LogP contribution in [-0.4, -0.2) is 21.0 Å². The largest absolute Gasteiger partial charge is 0.446 e. The quantitative estimate of drug-likeness (QED) is 0.786. The number of nitrogens with zero attached hydrogens (tertiary/aromatic N) is 3. The first kappa shape index (κ1) is 12.5. The molecule has 7 nitrogen and oxygen atoms in total. The molecule has 0 aromatic carbocycles. The van der Waals surface area contributed by atoms with Crippen molar-refractivity contribution in [2.75, 3.05) is 0 Å². The molecule has 20 heavy (non-hydrogen) atoms. The predicted octanol–water partition coefficient (Wildman–Crippen LogP) is 2.25. The van der Waals surface area contributed by atoms with Crippen LogP contribution in [0.1, 0.15) is 10.5 Å². The molecular weight excluding hydrogens is 328 g/mol. The minimum Gasteiger partial charge on any atom is -0.446 e. The molecular formula is C12H7BrN4O3. The van der Waals surface area contributed by atoms with Gasteiger partial charge in [-0.1, -0.05) is 5.16 Å². The molecule has 0 atom stereocenters. The number of carbonyl (C=O) groups is 1. The van der Waals surface area contributed by atoms with E-state index in [1.165, 1.54) is 12.3 Å². The highest BCUT2D eigenvalue weighted by atomic mass is 79.9. The fourth-order valence-corrected chi connectivity index (χ4v) is 1.85. The summed E-state index contributed by atoms with van der Waals surface area (Å²) in [6.45, 7) is 0. The van der Waals surface area contributed by atoms with Crippen molar-refractivity contribution in [2.45, 2.75) is 0 Å². The molecule has 0 spiro atoms. The van der Waals surface area contributed by atoms with E-state index < -0.39 is 5.91 Å². The first-order chi connectivity index (χ1) is 9.63. The highest BCUT2D eigenvalue weighted by molar-refractivity contribution is 9.10. The van der Waals surface area contributed by atoms with Crippen LogP contribution in [0.4, 0.5) is 0 Å². The van der Waals surface area contributed by atoms with E-state index in [-0.39, 0.29) is 11.6 Å². The summed E-state index contributed by atoms with van der Waals surface area (Å²) in [5.41, 5.74) is 5.87. The molecule has 0 saturated carbocycles. The zero-order chi connectivity index (χ0) is 14.1. The molecule has 3 aromatic heterocycles. The molecule has 3 aromatic rings. The predicted molar refractivity (Wildman–Crippen MR) is 71.4 cm³/mol. The lowest BCUT2D eigenvalue weighted by Gasteiger charge is -1.95. The maximum Gasteiger partial charge on any atom is 0.267 e. The lowest BCUT2D eigenvalue weighted by atomic mass is 10.2.